The summed E-state index contributed by atoms with van der Waals surface area (Å²) < 4.78 is 4.61. The fraction of sp³-hybridized carbons (Fsp3) is 0.429. The van der Waals surface area contributed by atoms with Gasteiger partial charge in [0, 0.05) is 12.5 Å². The zero-order valence-electron chi connectivity index (χ0n) is 11.0. The molecule has 0 aromatic heterocycles. The summed E-state index contributed by atoms with van der Waals surface area (Å²) in [7, 11) is 1.35. The number of nitrogens with one attached hydrogen (secondary N) is 1. The van der Waals surface area contributed by atoms with Crippen molar-refractivity contribution in [3.8, 4) is 0 Å². The van der Waals surface area contributed by atoms with Gasteiger partial charge in [-0.25, -0.2) is 4.79 Å². The van der Waals surface area contributed by atoms with Crippen molar-refractivity contribution >= 4 is 11.9 Å². The third-order valence-electron chi connectivity index (χ3n) is 2.90. The lowest BCUT2D eigenvalue weighted by molar-refractivity contribution is -0.124. The molecule has 0 saturated heterocycles. The van der Waals surface area contributed by atoms with Gasteiger partial charge in [-0.05, 0) is 24.1 Å². The minimum atomic E-state index is -0.356. The maximum absolute atomic E-state index is 11.6. The number of carbonyl (C=O) groups excluding carboxylic acids is 2. The Bertz CT molecular complexity index is 412. The van der Waals surface area contributed by atoms with E-state index < -0.39 is 0 Å². The van der Waals surface area contributed by atoms with Crippen LogP contribution < -0.4 is 5.32 Å². The highest BCUT2D eigenvalue weighted by atomic mass is 16.5. The molecule has 0 bridgehead atoms. The Kier molecular flexibility index (Phi) is 5.36. The van der Waals surface area contributed by atoms with Gasteiger partial charge in [0.05, 0.1) is 12.7 Å². The second-order valence-corrected chi connectivity index (χ2v) is 4.22. The summed E-state index contributed by atoms with van der Waals surface area (Å²) in [4.78, 5) is 22.8. The summed E-state index contributed by atoms with van der Waals surface area (Å²) in [5.41, 5.74) is 1.47. The van der Waals surface area contributed by atoms with Crippen LogP contribution in [0.5, 0.6) is 0 Å². The number of rotatable bonds is 5. The topological polar surface area (TPSA) is 55.4 Å². The van der Waals surface area contributed by atoms with E-state index in [4.69, 9.17) is 0 Å². The van der Waals surface area contributed by atoms with E-state index in [1.807, 2.05) is 26.0 Å². The minimum absolute atomic E-state index is 0.0272. The van der Waals surface area contributed by atoms with E-state index in [9.17, 15) is 9.59 Å². The van der Waals surface area contributed by atoms with Crippen molar-refractivity contribution in [1.29, 1.82) is 0 Å². The first kappa shape index (κ1) is 14.2. The van der Waals surface area contributed by atoms with Crippen LogP contribution in [0, 0.1) is 5.92 Å². The maximum Gasteiger partial charge on any atom is 0.337 e. The van der Waals surface area contributed by atoms with Crippen LogP contribution in [0.15, 0.2) is 24.3 Å². The molecule has 0 heterocycles. The SMILES string of the molecule is CCC(C)C(=O)NCc1ccc(C(=O)OC)cc1. The number of esters is 1. The van der Waals surface area contributed by atoms with Crippen LogP contribution in [0.3, 0.4) is 0 Å². The largest absolute Gasteiger partial charge is 0.465 e. The van der Waals surface area contributed by atoms with Crippen LogP contribution in [0.4, 0.5) is 0 Å². The molecule has 0 spiro atoms. The Morgan fingerprint density at radius 2 is 1.89 bits per heavy atom. The average Bonchev–Trinajstić information content (AvgIpc) is 2.43. The van der Waals surface area contributed by atoms with Gasteiger partial charge in [0.25, 0.3) is 0 Å². The van der Waals surface area contributed by atoms with Gasteiger partial charge in [0.1, 0.15) is 0 Å². The van der Waals surface area contributed by atoms with Crippen molar-refractivity contribution in [1.82, 2.24) is 5.32 Å². The fourth-order valence-electron chi connectivity index (χ4n) is 1.43. The van der Waals surface area contributed by atoms with Gasteiger partial charge in [-0.3, -0.25) is 4.79 Å². The predicted molar refractivity (Wildman–Crippen MR) is 69.1 cm³/mol. The number of hydrogen-bond acceptors (Lipinski definition) is 3. The molecule has 18 heavy (non-hydrogen) atoms. The van der Waals surface area contributed by atoms with E-state index in [2.05, 4.69) is 10.1 Å². The number of benzene rings is 1. The number of methoxy groups -OCH3 is 1. The van der Waals surface area contributed by atoms with Gasteiger partial charge >= 0.3 is 5.97 Å². The average molecular weight is 249 g/mol. The van der Waals surface area contributed by atoms with Gasteiger partial charge < -0.3 is 10.1 Å². The third-order valence-corrected chi connectivity index (χ3v) is 2.90. The first-order valence-electron chi connectivity index (χ1n) is 6.03. The van der Waals surface area contributed by atoms with E-state index in [1.54, 1.807) is 12.1 Å². The quantitative estimate of drug-likeness (QED) is 0.813. The molecule has 1 aromatic rings. The molecule has 98 valence electrons. The van der Waals surface area contributed by atoms with Crippen molar-refractivity contribution in [2.75, 3.05) is 7.11 Å². The summed E-state index contributed by atoms with van der Waals surface area (Å²) in [6.07, 6.45) is 0.826. The van der Waals surface area contributed by atoms with Crippen LogP contribution in [0.25, 0.3) is 0 Å². The summed E-state index contributed by atoms with van der Waals surface area (Å²) in [6.45, 7) is 4.36. The van der Waals surface area contributed by atoms with Crippen LogP contribution in [-0.4, -0.2) is 19.0 Å². The molecule has 0 fully saturated rings. The predicted octanol–water partition coefficient (Wildman–Crippen LogP) is 2.14. The van der Waals surface area contributed by atoms with Crippen molar-refractivity contribution in [2.45, 2.75) is 26.8 Å². The van der Waals surface area contributed by atoms with Crippen molar-refractivity contribution in [3.63, 3.8) is 0 Å². The van der Waals surface area contributed by atoms with Gasteiger partial charge in [0.2, 0.25) is 5.91 Å². The van der Waals surface area contributed by atoms with Crippen LogP contribution in [0.1, 0.15) is 36.2 Å². The third kappa shape index (κ3) is 3.87. The lowest BCUT2D eigenvalue weighted by Gasteiger charge is -2.10. The molecule has 4 heteroatoms. The first-order valence-corrected chi connectivity index (χ1v) is 6.03. The summed E-state index contributed by atoms with van der Waals surface area (Å²) in [5.74, 6) is -0.279. The lowest BCUT2D eigenvalue weighted by atomic mass is 10.1. The van der Waals surface area contributed by atoms with Gasteiger partial charge in [-0.1, -0.05) is 26.0 Å². The standard InChI is InChI=1S/C14H19NO3/c1-4-10(2)13(16)15-9-11-5-7-12(8-6-11)14(17)18-3/h5-8,10H,4,9H2,1-3H3,(H,15,16). The molecule has 1 N–H and O–H groups in total. The molecule has 0 radical (unpaired) electrons. The normalized spacial score (nSPS) is 11.7. The molecule has 1 rings (SSSR count). The summed E-state index contributed by atoms with van der Waals surface area (Å²) in [6, 6.07) is 7.00. The minimum Gasteiger partial charge on any atom is -0.465 e. The Labute approximate surface area is 107 Å². The van der Waals surface area contributed by atoms with E-state index in [1.165, 1.54) is 7.11 Å². The molecule has 0 saturated carbocycles. The molecule has 1 unspecified atom stereocenters. The maximum atomic E-state index is 11.6. The molecule has 0 aliphatic rings. The molecule has 1 aromatic carbocycles. The van der Waals surface area contributed by atoms with Crippen LogP contribution in [0.2, 0.25) is 0 Å². The Morgan fingerprint density at radius 3 is 2.39 bits per heavy atom. The Hall–Kier alpha value is -1.84. The molecule has 1 atom stereocenters. The summed E-state index contributed by atoms with van der Waals surface area (Å²) >= 11 is 0. The molecule has 4 nitrogen and oxygen atoms in total. The van der Waals surface area contributed by atoms with E-state index in [0.717, 1.165) is 12.0 Å². The van der Waals surface area contributed by atoms with Crippen LogP contribution in [-0.2, 0) is 16.1 Å². The van der Waals surface area contributed by atoms with Crippen LogP contribution >= 0.6 is 0 Å². The second kappa shape index (κ2) is 6.79. The number of amides is 1. The Balaban J connectivity index is 2.54. The fourth-order valence-corrected chi connectivity index (χ4v) is 1.43. The zero-order valence-corrected chi connectivity index (χ0v) is 11.0. The zero-order chi connectivity index (χ0) is 13.5. The molecule has 0 aliphatic carbocycles. The highest BCUT2D eigenvalue weighted by Gasteiger charge is 2.09. The molecule has 1 amide bonds. The highest BCUT2D eigenvalue weighted by molar-refractivity contribution is 5.89. The molecular weight excluding hydrogens is 230 g/mol. The highest BCUT2D eigenvalue weighted by Crippen LogP contribution is 2.06. The smallest absolute Gasteiger partial charge is 0.337 e. The summed E-state index contributed by atoms with van der Waals surface area (Å²) in [5, 5.41) is 2.86. The molecule has 0 aliphatic heterocycles. The Morgan fingerprint density at radius 1 is 1.28 bits per heavy atom. The second-order valence-electron chi connectivity index (χ2n) is 4.22. The number of ether oxygens (including phenoxy) is 1. The van der Waals surface area contributed by atoms with Crippen molar-refractivity contribution < 1.29 is 14.3 Å². The number of hydrogen-bond donors (Lipinski definition) is 1. The van der Waals surface area contributed by atoms with Crippen molar-refractivity contribution in [3.05, 3.63) is 35.4 Å². The first-order chi connectivity index (χ1) is 8.58. The molecular formula is C14H19NO3. The van der Waals surface area contributed by atoms with E-state index >= 15 is 0 Å². The van der Waals surface area contributed by atoms with E-state index in [0.29, 0.717) is 12.1 Å². The lowest BCUT2D eigenvalue weighted by Crippen LogP contribution is -2.28. The monoisotopic (exact) mass is 249 g/mol. The van der Waals surface area contributed by atoms with E-state index in [-0.39, 0.29) is 17.8 Å². The van der Waals surface area contributed by atoms with Crippen molar-refractivity contribution in [2.24, 2.45) is 5.92 Å². The van der Waals surface area contributed by atoms with Gasteiger partial charge in [-0.15, -0.1) is 0 Å². The number of carbonyl (C=O) groups is 2. The van der Waals surface area contributed by atoms with Gasteiger partial charge in [-0.2, -0.15) is 0 Å². The van der Waals surface area contributed by atoms with Gasteiger partial charge in [0.15, 0.2) is 0 Å².